The zero-order valence-corrected chi connectivity index (χ0v) is 11.0. The van der Waals surface area contributed by atoms with Crippen LogP contribution < -0.4 is 0 Å². The van der Waals surface area contributed by atoms with E-state index in [0.29, 0.717) is 18.0 Å². The minimum absolute atomic E-state index is 0.261. The molecule has 0 N–H and O–H groups in total. The van der Waals surface area contributed by atoms with Gasteiger partial charge in [-0.3, -0.25) is 15.1 Å². The third kappa shape index (κ3) is 3.65. The summed E-state index contributed by atoms with van der Waals surface area (Å²) in [6.45, 7) is 2.32. The number of nitro groups is 1. The lowest BCUT2D eigenvalue weighted by Crippen LogP contribution is -2.16. The van der Waals surface area contributed by atoms with E-state index in [1.54, 1.807) is 6.08 Å². The summed E-state index contributed by atoms with van der Waals surface area (Å²) in [6.07, 6.45) is 11.1. The molecule has 0 amide bonds. The van der Waals surface area contributed by atoms with E-state index in [2.05, 4.69) is 18.1 Å². The van der Waals surface area contributed by atoms with E-state index in [1.165, 1.54) is 25.7 Å². The molecule has 4 nitrogen and oxygen atoms in total. The minimum Gasteiger partial charge on any atom is -0.294 e. The summed E-state index contributed by atoms with van der Waals surface area (Å²) in [5.41, 5.74) is 0.368. The molecule has 2 aliphatic carbocycles. The Kier molecular flexibility index (Phi) is 4.50. The van der Waals surface area contributed by atoms with E-state index in [1.807, 2.05) is 0 Å². The van der Waals surface area contributed by atoms with Crippen molar-refractivity contribution in [3.63, 3.8) is 0 Å². The highest BCUT2D eigenvalue weighted by atomic mass is 16.6. The summed E-state index contributed by atoms with van der Waals surface area (Å²) >= 11 is 0. The van der Waals surface area contributed by atoms with Crippen LogP contribution in [0, 0.1) is 22.0 Å². The molecule has 4 heteroatoms. The van der Waals surface area contributed by atoms with Crippen LogP contribution in [-0.2, 0) is 0 Å². The molecular weight excluding hydrogens is 228 g/mol. The van der Waals surface area contributed by atoms with Crippen molar-refractivity contribution in [1.29, 1.82) is 0 Å². The number of allylic oxidation sites excluding steroid dienone is 1. The standard InChI is InChI=1S/C14H22N2O2/c1-11-2-4-12(5-3-11)10-15-13-6-8-14(9-7-13)16(17)18/h8,10-13H,2-7,9H2,1H3. The van der Waals surface area contributed by atoms with Gasteiger partial charge in [0.2, 0.25) is 5.70 Å². The van der Waals surface area contributed by atoms with Crippen molar-refractivity contribution in [2.24, 2.45) is 16.8 Å². The average molecular weight is 250 g/mol. The van der Waals surface area contributed by atoms with Crippen LogP contribution in [-0.4, -0.2) is 17.2 Å². The van der Waals surface area contributed by atoms with E-state index in [0.717, 1.165) is 18.8 Å². The second kappa shape index (κ2) is 6.12. The average Bonchev–Trinajstić information content (AvgIpc) is 2.38. The highest BCUT2D eigenvalue weighted by molar-refractivity contribution is 5.61. The Morgan fingerprint density at radius 2 is 2.06 bits per heavy atom. The zero-order chi connectivity index (χ0) is 13.0. The van der Waals surface area contributed by atoms with Crippen LogP contribution in [0.1, 0.15) is 51.9 Å². The summed E-state index contributed by atoms with van der Waals surface area (Å²) in [5, 5.41) is 10.6. The van der Waals surface area contributed by atoms with Crippen LogP contribution in [0.2, 0.25) is 0 Å². The molecule has 0 spiro atoms. The second-order valence-corrected chi connectivity index (χ2v) is 5.70. The van der Waals surface area contributed by atoms with Gasteiger partial charge in [0, 0.05) is 12.6 Å². The van der Waals surface area contributed by atoms with Gasteiger partial charge in [0.05, 0.1) is 11.0 Å². The highest BCUT2D eigenvalue weighted by Gasteiger charge is 2.21. The van der Waals surface area contributed by atoms with Gasteiger partial charge in [-0.1, -0.05) is 19.8 Å². The normalized spacial score (nSPS) is 33.4. The minimum atomic E-state index is -0.261. The van der Waals surface area contributed by atoms with Crippen molar-refractivity contribution < 1.29 is 4.92 Å². The van der Waals surface area contributed by atoms with Gasteiger partial charge in [0.15, 0.2) is 0 Å². The fraction of sp³-hybridized carbons (Fsp3) is 0.786. The highest BCUT2D eigenvalue weighted by Crippen LogP contribution is 2.28. The lowest BCUT2D eigenvalue weighted by Gasteiger charge is -2.23. The van der Waals surface area contributed by atoms with Gasteiger partial charge < -0.3 is 0 Å². The summed E-state index contributed by atoms with van der Waals surface area (Å²) in [7, 11) is 0. The molecule has 0 aromatic rings. The number of hydrogen-bond acceptors (Lipinski definition) is 3. The molecule has 2 aliphatic rings. The van der Waals surface area contributed by atoms with Gasteiger partial charge in [-0.2, -0.15) is 0 Å². The number of nitrogens with zero attached hydrogens (tertiary/aromatic N) is 2. The van der Waals surface area contributed by atoms with Crippen molar-refractivity contribution in [2.75, 3.05) is 0 Å². The zero-order valence-electron chi connectivity index (χ0n) is 11.0. The monoisotopic (exact) mass is 250 g/mol. The van der Waals surface area contributed by atoms with Gasteiger partial charge in [0.25, 0.3) is 0 Å². The molecule has 1 atom stereocenters. The third-order valence-corrected chi connectivity index (χ3v) is 4.16. The maximum atomic E-state index is 10.6. The second-order valence-electron chi connectivity index (χ2n) is 5.70. The van der Waals surface area contributed by atoms with Gasteiger partial charge in [-0.05, 0) is 43.6 Å². The number of rotatable bonds is 3. The van der Waals surface area contributed by atoms with Gasteiger partial charge in [0.1, 0.15) is 0 Å². The fourth-order valence-electron chi connectivity index (χ4n) is 2.79. The number of aliphatic imine (C=N–C) groups is 1. The first-order chi connectivity index (χ1) is 8.65. The molecule has 1 fully saturated rings. The van der Waals surface area contributed by atoms with E-state index < -0.39 is 0 Å². The molecule has 0 aromatic carbocycles. The van der Waals surface area contributed by atoms with E-state index >= 15 is 0 Å². The SMILES string of the molecule is CC1CCC(C=NC2CC=C([N+](=O)[O-])CC2)CC1. The van der Waals surface area contributed by atoms with E-state index in [4.69, 9.17) is 0 Å². The molecule has 0 aliphatic heterocycles. The van der Waals surface area contributed by atoms with Crippen molar-refractivity contribution in [3.8, 4) is 0 Å². The Labute approximate surface area is 108 Å². The van der Waals surface area contributed by atoms with Gasteiger partial charge in [-0.15, -0.1) is 0 Å². The Balaban J connectivity index is 1.79. The molecule has 0 aromatic heterocycles. The fourth-order valence-corrected chi connectivity index (χ4v) is 2.79. The smallest absolute Gasteiger partial charge is 0.242 e. The van der Waals surface area contributed by atoms with E-state index in [-0.39, 0.29) is 11.0 Å². The van der Waals surface area contributed by atoms with Crippen molar-refractivity contribution in [1.82, 2.24) is 0 Å². The van der Waals surface area contributed by atoms with Crippen LogP contribution in [0.5, 0.6) is 0 Å². The molecule has 1 saturated carbocycles. The molecule has 0 heterocycles. The van der Waals surface area contributed by atoms with Crippen LogP contribution in [0.3, 0.4) is 0 Å². The van der Waals surface area contributed by atoms with Crippen molar-refractivity contribution >= 4 is 6.21 Å². The first-order valence-electron chi connectivity index (χ1n) is 7.02. The van der Waals surface area contributed by atoms with Gasteiger partial charge >= 0.3 is 0 Å². The Bertz CT molecular complexity index is 355. The van der Waals surface area contributed by atoms with Crippen LogP contribution in [0.15, 0.2) is 16.8 Å². The predicted molar refractivity (Wildman–Crippen MR) is 72.3 cm³/mol. The topological polar surface area (TPSA) is 55.5 Å². The molecule has 2 rings (SSSR count). The summed E-state index contributed by atoms with van der Waals surface area (Å²) in [6, 6.07) is 0.271. The lowest BCUT2D eigenvalue weighted by atomic mass is 9.83. The Morgan fingerprint density at radius 3 is 2.61 bits per heavy atom. The quantitative estimate of drug-likeness (QED) is 0.436. The molecule has 0 saturated heterocycles. The predicted octanol–water partition coefficient (Wildman–Crippen LogP) is 3.60. The summed E-state index contributed by atoms with van der Waals surface area (Å²) < 4.78 is 0. The maximum Gasteiger partial charge on any atom is 0.242 e. The molecule has 18 heavy (non-hydrogen) atoms. The van der Waals surface area contributed by atoms with Crippen LogP contribution >= 0.6 is 0 Å². The van der Waals surface area contributed by atoms with E-state index in [9.17, 15) is 10.1 Å². The molecule has 1 unspecified atom stereocenters. The number of hydrogen-bond donors (Lipinski definition) is 0. The largest absolute Gasteiger partial charge is 0.294 e. The summed E-state index contributed by atoms with van der Waals surface area (Å²) in [4.78, 5) is 15.0. The molecule has 0 bridgehead atoms. The van der Waals surface area contributed by atoms with Crippen LogP contribution in [0.25, 0.3) is 0 Å². The van der Waals surface area contributed by atoms with Gasteiger partial charge in [-0.25, -0.2) is 0 Å². The lowest BCUT2D eigenvalue weighted by molar-refractivity contribution is -0.429. The maximum absolute atomic E-state index is 10.6. The Hall–Kier alpha value is -1.19. The Morgan fingerprint density at radius 1 is 1.33 bits per heavy atom. The molecular formula is C14H22N2O2. The van der Waals surface area contributed by atoms with Crippen molar-refractivity contribution in [2.45, 2.75) is 57.9 Å². The van der Waals surface area contributed by atoms with Crippen LogP contribution in [0.4, 0.5) is 0 Å². The summed E-state index contributed by atoms with van der Waals surface area (Å²) in [5.74, 6) is 1.51. The first kappa shape index (κ1) is 13.2. The third-order valence-electron chi connectivity index (χ3n) is 4.16. The molecule has 0 radical (unpaired) electrons. The molecule has 100 valence electrons. The first-order valence-corrected chi connectivity index (χ1v) is 7.02. The van der Waals surface area contributed by atoms with Crippen molar-refractivity contribution in [3.05, 3.63) is 21.9 Å².